The lowest BCUT2D eigenvalue weighted by Gasteiger charge is -2.08. The van der Waals surface area contributed by atoms with Gasteiger partial charge in [-0.3, -0.25) is 4.98 Å². The maximum atomic E-state index is 12.2. The van der Waals surface area contributed by atoms with Crippen molar-refractivity contribution in [3.63, 3.8) is 0 Å². The van der Waals surface area contributed by atoms with Crippen LogP contribution in [0.3, 0.4) is 0 Å². The Labute approximate surface area is 81.9 Å². The van der Waals surface area contributed by atoms with E-state index in [0.717, 1.165) is 6.07 Å². The molecule has 0 aliphatic heterocycles. The molecule has 0 spiro atoms. The number of pyridine rings is 1. The first-order chi connectivity index (χ1) is 6.96. The van der Waals surface area contributed by atoms with Crippen LogP contribution in [0.15, 0.2) is 12.3 Å². The summed E-state index contributed by atoms with van der Waals surface area (Å²) in [6, 6.07) is 2.31. The van der Waals surface area contributed by atoms with E-state index in [2.05, 4.69) is 9.72 Å². The maximum Gasteiger partial charge on any atom is 0.573 e. The van der Waals surface area contributed by atoms with Gasteiger partial charge in [-0.25, -0.2) is 4.39 Å². The average Bonchev–Trinajstić information content (AvgIpc) is 2.15. The highest BCUT2D eigenvalue weighted by molar-refractivity contribution is 5.38. The van der Waals surface area contributed by atoms with Gasteiger partial charge in [-0.15, -0.1) is 13.2 Å². The molecular formula is C8H4F4N2O. The normalized spacial score (nSPS) is 10.9. The minimum absolute atomic E-state index is 0.216. The summed E-state index contributed by atoms with van der Waals surface area (Å²) >= 11 is 0. The summed E-state index contributed by atoms with van der Waals surface area (Å²) in [5.41, 5.74) is -0.494. The van der Waals surface area contributed by atoms with E-state index in [4.69, 9.17) is 5.26 Å². The highest BCUT2D eigenvalue weighted by Crippen LogP contribution is 2.23. The van der Waals surface area contributed by atoms with Crippen LogP contribution in [0.5, 0.6) is 5.75 Å². The number of halogens is 4. The molecule has 1 aromatic heterocycles. The van der Waals surface area contributed by atoms with Crippen LogP contribution in [-0.4, -0.2) is 11.3 Å². The van der Waals surface area contributed by atoms with Crippen molar-refractivity contribution in [1.29, 1.82) is 5.26 Å². The number of hydrogen-bond acceptors (Lipinski definition) is 3. The molecule has 3 nitrogen and oxygen atoms in total. The third-order valence-corrected chi connectivity index (χ3v) is 1.43. The highest BCUT2D eigenvalue weighted by Gasteiger charge is 2.31. The lowest BCUT2D eigenvalue weighted by molar-refractivity contribution is -0.274. The second-order valence-electron chi connectivity index (χ2n) is 2.46. The molecule has 80 valence electrons. The molecule has 0 aliphatic rings. The molecular weight excluding hydrogens is 216 g/mol. The predicted octanol–water partition coefficient (Wildman–Crippen LogP) is 2.32. The summed E-state index contributed by atoms with van der Waals surface area (Å²) in [5.74, 6) is -0.642. The van der Waals surface area contributed by atoms with Gasteiger partial charge in [-0.2, -0.15) is 5.26 Å². The van der Waals surface area contributed by atoms with Crippen LogP contribution >= 0.6 is 0 Å². The monoisotopic (exact) mass is 220 g/mol. The number of aromatic nitrogens is 1. The van der Waals surface area contributed by atoms with Gasteiger partial charge < -0.3 is 4.74 Å². The van der Waals surface area contributed by atoms with Gasteiger partial charge in [0.1, 0.15) is 18.5 Å². The Morgan fingerprint density at radius 1 is 1.47 bits per heavy atom. The van der Waals surface area contributed by atoms with Gasteiger partial charge in [0.05, 0.1) is 17.5 Å². The van der Waals surface area contributed by atoms with Gasteiger partial charge in [0.15, 0.2) is 0 Å². The zero-order valence-electron chi connectivity index (χ0n) is 7.18. The molecule has 0 N–H and O–H groups in total. The van der Waals surface area contributed by atoms with Crippen LogP contribution in [0, 0.1) is 11.3 Å². The Balaban J connectivity index is 3.00. The summed E-state index contributed by atoms with van der Waals surface area (Å²) in [7, 11) is 0. The van der Waals surface area contributed by atoms with E-state index in [1.165, 1.54) is 6.07 Å². The van der Waals surface area contributed by atoms with Crippen molar-refractivity contribution < 1.29 is 22.3 Å². The molecule has 1 aromatic rings. The van der Waals surface area contributed by atoms with Crippen molar-refractivity contribution >= 4 is 0 Å². The maximum absolute atomic E-state index is 12.2. The standard InChI is InChI=1S/C8H4F4N2O/c9-2-7-5(3-13)1-6(4-14-7)15-8(10,11)12/h1,4H,2H2. The van der Waals surface area contributed by atoms with E-state index in [0.29, 0.717) is 6.20 Å². The Morgan fingerprint density at radius 3 is 2.60 bits per heavy atom. The zero-order chi connectivity index (χ0) is 11.5. The van der Waals surface area contributed by atoms with E-state index in [9.17, 15) is 17.6 Å². The summed E-state index contributed by atoms with van der Waals surface area (Å²) in [6.45, 7) is -1.02. The van der Waals surface area contributed by atoms with Crippen molar-refractivity contribution in [2.75, 3.05) is 0 Å². The summed E-state index contributed by atoms with van der Waals surface area (Å²) < 4.78 is 50.9. The Morgan fingerprint density at radius 2 is 2.13 bits per heavy atom. The van der Waals surface area contributed by atoms with Gasteiger partial charge in [0.25, 0.3) is 0 Å². The second-order valence-corrected chi connectivity index (χ2v) is 2.46. The SMILES string of the molecule is N#Cc1cc(OC(F)(F)F)cnc1CF. The molecule has 1 rings (SSSR count). The molecule has 0 aliphatic carbocycles. The lowest BCUT2D eigenvalue weighted by atomic mass is 10.2. The van der Waals surface area contributed by atoms with E-state index in [1.807, 2.05) is 0 Å². The summed E-state index contributed by atoms with van der Waals surface area (Å²) in [6.07, 6.45) is -4.14. The fourth-order valence-corrected chi connectivity index (χ4v) is 0.867. The first kappa shape index (κ1) is 11.2. The number of ether oxygens (including phenoxy) is 1. The molecule has 0 amide bonds. The van der Waals surface area contributed by atoms with Crippen molar-refractivity contribution in [2.24, 2.45) is 0 Å². The number of nitrogens with zero attached hydrogens (tertiary/aromatic N) is 2. The largest absolute Gasteiger partial charge is 0.573 e. The van der Waals surface area contributed by atoms with Gasteiger partial charge in [-0.1, -0.05) is 0 Å². The summed E-state index contributed by atoms with van der Waals surface area (Å²) in [4.78, 5) is 3.33. The molecule has 0 saturated carbocycles. The third-order valence-electron chi connectivity index (χ3n) is 1.43. The predicted molar refractivity (Wildman–Crippen MR) is 40.4 cm³/mol. The Kier molecular flexibility index (Phi) is 3.09. The summed E-state index contributed by atoms with van der Waals surface area (Å²) in [5, 5.41) is 8.48. The number of rotatable bonds is 2. The van der Waals surface area contributed by atoms with Crippen LogP contribution in [0.2, 0.25) is 0 Å². The molecule has 7 heteroatoms. The van der Waals surface area contributed by atoms with Crippen molar-refractivity contribution in [3.8, 4) is 11.8 Å². The molecule has 0 unspecified atom stereocenters. The lowest BCUT2D eigenvalue weighted by Crippen LogP contribution is -2.17. The molecule has 1 heterocycles. The van der Waals surface area contributed by atoms with E-state index in [-0.39, 0.29) is 11.3 Å². The quantitative estimate of drug-likeness (QED) is 0.718. The van der Waals surface area contributed by atoms with Crippen LogP contribution in [0.4, 0.5) is 17.6 Å². The van der Waals surface area contributed by atoms with Crippen molar-refractivity contribution in [1.82, 2.24) is 4.98 Å². The Bertz CT molecular complexity index is 397. The minimum Gasteiger partial charge on any atom is -0.404 e. The van der Waals surface area contributed by atoms with Crippen LogP contribution in [0.25, 0.3) is 0 Å². The molecule has 0 radical (unpaired) electrons. The van der Waals surface area contributed by atoms with Gasteiger partial charge in [0.2, 0.25) is 0 Å². The molecule has 0 atom stereocenters. The average molecular weight is 220 g/mol. The number of alkyl halides is 4. The van der Waals surface area contributed by atoms with Crippen LogP contribution in [-0.2, 0) is 6.67 Å². The molecule has 0 fully saturated rings. The van der Waals surface area contributed by atoms with E-state index >= 15 is 0 Å². The van der Waals surface area contributed by atoms with E-state index in [1.54, 1.807) is 0 Å². The number of nitriles is 1. The fourth-order valence-electron chi connectivity index (χ4n) is 0.867. The zero-order valence-corrected chi connectivity index (χ0v) is 7.18. The smallest absolute Gasteiger partial charge is 0.404 e. The molecule has 15 heavy (non-hydrogen) atoms. The topological polar surface area (TPSA) is 45.9 Å². The van der Waals surface area contributed by atoms with Crippen molar-refractivity contribution in [3.05, 3.63) is 23.5 Å². The second kappa shape index (κ2) is 4.13. The van der Waals surface area contributed by atoms with Crippen LogP contribution < -0.4 is 4.74 Å². The highest BCUT2D eigenvalue weighted by atomic mass is 19.4. The van der Waals surface area contributed by atoms with Gasteiger partial charge in [0, 0.05) is 6.07 Å². The first-order valence-corrected chi connectivity index (χ1v) is 3.67. The van der Waals surface area contributed by atoms with E-state index < -0.39 is 18.8 Å². The minimum atomic E-state index is -4.86. The first-order valence-electron chi connectivity index (χ1n) is 3.67. The third kappa shape index (κ3) is 3.09. The molecule has 0 saturated heterocycles. The van der Waals surface area contributed by atoms with Crippen molar-refractivity contribution in [2.45, 2.75) is 13.0 Å². The molecule has 0 bridgehead atoms. The van der Waals surface area contributed by atoms with Gasteiger partial charge in [-0.05, 0) is 0 Å². The van der Waals surface area contributed by atoms with Gasteiger partial charge >= 0.3 is 6.36 Å². The number of hydrogen-bond donors (Lipinski definition) is 0. The van der Waals surface area contributed by atoms with Crippen LogP contribution in [0.1, 0.15) is 11.3 Å². The fraction of sp³-hybridized carbons (Fsp3) is 0.250. The molecule has 0 aromatic carbocycles. The Hall–Kier alpha value is -1.84.